The summed E-state index contributed by atoms with van der Waals surface area (Å²) in [5.41, 5.74) is -0.285. The lowest BCUT2D eigenvalue weighted by molar-refractivity contribution is 0.444. The monoisotopic (exact) mass is 298 g/mol. The van der Waals surface area contributed by atoms with Gasteiger partial charge in [-0.15, -0.1) is 0 Å². The van der Waals surface area contributed by atoms with Crippen molar-refractivity contribution in [2.75, 3.05) is 6.26 Å². The van der Waals surface area contributed by atoms with Crippen LogP contribution in [0, 0.1) is 3.57 Å². The first-order chi connectivity index (χ1) is 5.65. The second-order valence-electron chi connectivity index (χ2n) is 2.08. The number of nitrogens with zero attached hydrogens (tertiary/aromatic N) is 1. The van der Waals surface area contributed by atoms with E-state index in [1.54, 1.807) is 22.6 Å². The fraction of sp³-hybridized carbons (Fsp3) is 0.333. The van der Waals surface area contributed by atoms with Crippen molar-refractivity contribution in [2.45, 2.75) is 5.75 Å². The Bertz CT molecular complexity index is 339. The molecule has 0 fully saturated rings. The second-order valence-corrected chi connectivity index (χ2v) is 4.03. The standard InChI is InChI=1S/C6H7IN2O2S/c1-12-2-3-8-5(10)4(7)6(11)9-3/h2H2,1H3,(H2,8,9,10,11). The van der Waals surface area contributed by atoms with Gasteiger partial charge < -0.3 is 10.1 Å². The Hall–Kier alpha value is -0.240. The topological polar surface area (TPSA) is 66.0 Å². The molecule has 0 aliphatic rings. The highest BCUT2D eigenvalue weighted by Crippen LogP contribution is 2.12. The molecule has 0 bridgehead atoms. The molecule has 0 amide bonds. The Morgan fingerprint density at radius 2 is 2.42 bits per heavy atom. The Morgan fingerprint density at radius 1 is 1.75 bits per heavy atom. The number of thioether (sulfide) groups is 1. The highest BCUT2D eigenvalue weighted by Gasteiger charge is 2.05. The van der Waals surface area contributed by atoms with Crippen LogP contribution in [0.5, 0.6) is 5.88 Å². The van der Waals surface area contributed by atoms with Crippen LogP contribution in [0.2, 0.25) is 0 Å². The van der Waals surface area contributed by atoms with E-state index in [1.165, 1.54) is 11.8 Å². The summed E-state index contributed by atoms with van der Waals surface area (Å²) in [4.78, 5) is 17.4. The minimum atomic E-state index is -0.285. The lowest BCUT2D eigenvalue weighted by Crippen LogP contribution is -2.13. The lowest BCUT2D eigenvalue weighted by atomic mass is 10.6. The maximum absolute atomic E-state index is 11.1. The molecule has 1 rings (SSSR count). The molecular weight excluding hydrogens is 291 g/mol. The van der Waals surface area contributed by atoms with Crippen molar-refractivity contribution in [1.82, 2.24) is 9.97 Å². The third-order valence-corrected chi connectivity index (χ3v) is 2.71. The average molecular weight is 298 g/mol. The number of aromatic amines is 1. The van der Waals surface area contributed by atoms with Gasteiger partial charge in [0.2, 0.25) is 5.88 Å². The van der Waals surface area contributed by atoms with Crippen LogP contribution in [0.15, 0.2) is 4.79 Å². The van der Waals surface area contributed by atoms with Gasteiger partial charge in [0.25, 0.3) is 5.56 Å². The normalized spacial score (nSPS) is 10.2. The van der Waals surface area contributed by atoms with Gasteiger partial charge in [0.1, 0.15) is 9.39 Å². The average Bonchev–Trinajstić information content (AvgIpc) is 2.01. The molecule has 0 radical (unpaired) electrons. The molecule has 6 heteroatoms. The van der Waals surface area contributed by atoms with Gasteiger partial charge in [-0.05, 0) is 28.8 Å². The van der Waals surface area contributed by atoms with Crippen molar-refractivity contribution in [3.8, 4) is 5.88 Å². The summed E-state index contributed by atoms with van der Waals surface area (Å²) < 4.78 is 0.234. The van der Waals surface area contributed by atoms with Crippen LogP contribution in [0.4, 0.5) is 0 Å². The van der Waals surface area contributed by atoms with Gasteiger partial charge in [-0.2, -0.15) is 16.7 Å². The van der Waals surface area contributed by atoms with Crippen LogP contribution in [0.25, 0.3) is 0 Å². The van der Waals surface area contributed by atoms with E-state index in [0.29, 0.717) is 11.6 Å². The smallest absolute Gasteiger partial charge is 0.268 e. The number of aromatic nitrogens is 2. The van der Waals surface area contributed by atoms with Crippen molar-refractivity contribution in [1.29, 1.82) is 0 Å². The van der Waals surface area contributed by atoms with E-state index in [0.717, 1.165) is 0 Å². The van der Waals surface area contributed by atoms with E-state index in [-0.39, 0.29) is 15.0 Å². The molecule has 0 aliphatic carbocycles. The van der Waals surface area contributed by atoms with Crippen LogP contribution in [0.1, 0.15) is 5.82 Å². The van der Waals surface area contributed by atoms with E-state index >= 15 is 0 Å². The van der Waals surface area contributed by atoms with Crippen LogP contribution in [-0.4, -0.2) is 21.3 Å². The van der Waals surface area contributed by atoms with Crippen LogP contribution in [0.3, 0.4) is 0 Å². The molecule has 1 aromatic rings. The van der Waals surface area contributed by atoms with Crippen LogP contribution in [-0.2, 0) is 5.75 Å². The van der Waals surface area contributed by atoms with E-state index in [1.807, 2.05) is 6.26 Å². The number of nitrogens with one attached hydrogen (secondary N) is 1. The third kappa shape index (κ3) is 2.13. The summed E-state index contributed by atoms with van der Waals surface area (Å²) in [6.07, 6.45) is 1.90. The molecular formula is C6H7IN2O2S. The zero-order chi connectivity index (χ0) is 9.14. The number of halogens is 1. The van der Waals surface area contributed by atoms with E-state index in [2.05, 4.69) is 9.97 Å². The van der Waals surface area contributed by atoms with E-state index in [9.17, 15) is 4.79 Å². The number of rotatable bonds is 2. The molecule has 0 unspecified atom stereocenters. The van der Waals surface area contributed by atoms with E-state index in [4.69, 9.17) is 5.11 Å². The molecule has 0 aliphatic heterocycles. The van der Waals surface area contributed by atoms with Gasteiger partial charge in [0.05, 0.1) is 5.75 Å². The van der Waals surface area contributed by atoms with Crippen molar-refractivity contribution >= 4 is 34.4 Å². The number of hydrogen-bond acceptors (Lipinski definition) is 4. The first kappa shape index (κ1) is 9.85. The molecule has 4 nitrogen and oxygen atoms in total. The van der Waals surface area contributed by atoms with Crippen molar-refractivity contribution < 1.29 is 5.11 Å². The minimum Gasteiger partial charge on any atom is -0.492 e. The highest BCUT2D eigenvalue weighted by atomic mass is 127. The molecule has 0 saturated carbocycles. The maximum atomic E-state index is 11.1. The maximum Gasteiger partial charge on any atom is 0.268 e. The third-order valence-electron chi connectivity index (χ3n) is 1.18. The van der Waals surface area contributed by atoms with E-state index < -0.39 is 0 Å². The summed E-state index contributed by atoms with van der Waals surface area (Å²) in [6.45, 7) is 0. The van der Waals surface area contributed by atoms with Gasteiger partial charge in [0.15, 0.2) is 0 Å². The summed E-state index contributed by atoms with van der Waals surface area (Å²) in [7, 11) is 0. The molecule has 2 N–H and O–H groups in total. The first-order valence-electron chi connectivity index (χ1n) is 3.11. The van der Waals surface area contributed by atoms with Gasteiger partial charge >= 0.3 is 0 Å². The summed E-state index contributed by atoms with van der Waals surface area (Å²) in [6, 6.07) is 0. The molecule has 66 valence electrons. The predicted molar refractivity (Wildman–Crippen MR) is 56.5 cm³/mol. The molecule has 0 spiro atoms. The zero-order valence-corrected chi connectivity index (χ0v) is 9.27. The summed E-state index contributed by atoms with van der Waals surface area (Å²) in [5, 5.41) is 9.16. The molecule has 1 aromatic heterocycles. The van der Waals surface area contributed by atoms with Gasteiger partial charge in [0, 0.05) is 0 Å². The SMILES string of the molecule is CSCc1nc(O)c(I)c(=O)[nH]1. The largest absolute Gasteiger partial charge is 0.492 e. The number of aromatic hydroxyl groups is 1. The van der Waals surface area contributed by atoms with Crippen molar-refractivity contribution in [2.24, 2.45) is 0 Å². The fourth-order valence-corrected chi connectivity index (χ4v) is 1.36. The Kier molecular flexibility index (Phi) is 3.39. The molecule has 12 heavy (non-hydrogen) atoms. The Morgan fingerprint density at radius 3 is 2.92 bits per heavy atom. The Labute approximate surface area is 86.9 Å². The predicted octanol–water partition coefficient (Wildman–Crippen LogP) is 0.943. The van der Waals surface area contributed by atoms with Crippen molar-refractivity contribution in [3.63, 3.8) is 0 Å². The zero-order valence-electron chi connectivity index (χ0n) is 6.30. The highest BCUT2D eigenvalue weighted by molar-refractivity contribution is 14.1. The lowest BCUT2D eigenvalue weighted by Gasteiger charge is -1.99. The molecule has 0 atom stereocenters. The minimum absolute atomic E-state index is 0.191. The molecule has 0 saturated heterocycles. The summed E-state index contributed by atoms with van der Waals surface area (Å²) in [5.74, 6) is 0.911. The first-order valence-corrected chi connectivity index (χ1v) is 5.59. The molecule has 0 aromatic carbocycles. The quantitative estimate of drug-likeness (QED) is 0.798. The second kappa shape index (κ2) is 4.13. The van der Waals surface area contributed by atoms with Crippen LogP contribution >= 0.6 is 34.4 Å². The summed E-state index contributed by atoms with van der Waals surface area (Å²) >= 11 is 3.28. The van der Waals surface area contributed by atoms with Crippen LogP contribution < -0.4 is 5.56 Å². The number of H-pyrrole nitrogens is 1. The molecule has 1 heterocycles. The number of hydrogen-bond donors (Lipinski definition) is 2. The van der Waals surface area contributed by atoms with Gasteiger partial charge in [-0.25, -0.2) is 0 Å². The van der Waals surface area contributed by atoms with Gasteiger partial charge in [-0.1, -0.05) is 0 Å². The van der Waals surface area contributed by atoms with Crippen molar-refractivity contribution in [3.05, 3.63) is 19.7 Å². The Balaban J connectivity index is 3.13. The van der Waals surface area contributed by atoms with Gasteiger partial charge in [-0.3, -0.25) is 4.79 Å². The fourth-order valence-electron chi connectivity index (χ4n) is 0.697.